The third kappa shape index (κ3) is 6.04. The van der Waals surface area contributed by atoms with Crippen molar-refractivity contribution in [3.05, 3.63) is 40.5 Å². The predicted octanol–water partition coefficient (Wildman–Crippen LogP) is 4.55. The largest absolute Gasteiger partial charge is 0.449 e. The molecule has 2 heterocycles. The van der Waals surface area contributed by atoms with Crippen LogP contribution in [0.5, 0.6) is 0 Å². The number of ether oxygens (including phenoxy) is 1. The average molecular weight is 535 g/mol. The van der Waals surface area contributed by atoms with Gasteiger partial charge in [-0.2, -0.15) is 13.2 Å². The molecule has 33 heavy (non-hydrogen) atoms. The van der Waals surface area contributed by atoms with Crippen LogP contribution in [-0.4, -0.2) is 63.1 Å². The van der Waals surface area contributed by atoms with Crippen molar-refractivity contribution in [3.8, 4) is 11.3 Å². The van der Waals surface area contributed by atoms with Crippen LogP contribution in [0.2, 0.25) is 0 Å². The Morgan fingerprint density at radius 2 is 1.58 bits per heavy atom. The molecule has 7 nitrogen and oxygen atoms in total. The maximum Gasteiger partial charge on any atom is 0.449 e. The predicted molar refractivity (Wildman–Crippen MR) is 115 cm³/mol. The van der Waals surface area contributed by atoms with Crippen LogP contribution in [0.1, 0.15) is 26.6 Å². The van der Waals surface area contributed by atoms with E-state index >= 15 is 0 Å². The lowest BCUT2D eigenvalue weighted by atomic mass is 10.2. The second-order valence-electron chi connectivity index (χ2n) is 8.51. The van der Waals surface area contributed by atoms with Gasteiger partial charge in [0.1, 0.15) is 28.3 Å². The Morgan fingerprint density at radius 1 is 1.03 bits per heavy atom. The summed E-state index contributed by atoms with van der Waals surface area (Å²) < 4.78 is 60.2. The molecule has 0 aliphatic carbocycles. The number of hydrogen-bond donors (Lipinski definition) is 0. The molecule has 0 atom stereocenters. The van der Waals surface area contributed by atoms with Gasteiger partial charge in [-0.25, -0.2) is 14.2 Å². The van der Waals surface area contributed by atoms with E-state index < -0.39 is 42.0 Å². The van der Waals surface area contributed by atoms with Crippen LogP contribution in [0, 0.1) is 5.82 Å². The zero-order chi connectivity index (χ0) is 24.6. The van der Waals surface area contributed by atoms with E-state index in [1.807, 2.05) is 0 Å². The molecule has 0 bridgehead atoms. The molecular weight excluding hydrogens is 512 g/mol. The summed E-state index contributed by atoms with van der Waals surface area (Å²) in [6.45, 7) is 5.37. The third-order valence-electron chi connectivity index (χ3n) is 4.85. The first-order valence-corrected chi connectivity index (χ1v) is 10.9. The average Bonchev–Trinajstić information content (AvgIpc) is 3.04. The van der Waals surface area contributed by atoms with Crippen LogP contribution >= 0.6 is 15.9 Å². The smallest absolute Gasteiger partial charge is 0.444 e. The van der Waals surface area contributed by atoms with Gasteiger partial charge in [0.25, 0.3) is 0 Å². The summed E-state index contributed by atoms with van der Waals surface area (Å²) >= 11 is 3.13. The van der Waals surface area contributed by atoms with E-state index in [9.17, 15) is 27.2 Å². The highest BCUT2D eigenvalue weighted by Crippen LogP contribution is 2.36. The molecule has 1 saturated heterocycles. The fourth-order valence-electron chi connectivity index (χ4n) is 3.29. The standard InChI is InChI=1S/C21H23BrF4N4O3/c1-20(2,3)33-19(32)29-10-8-28(9-11-29)15(31)12-30-17(22)16(27-18(30)21(24,25)26)13-4-6-14(23)7-5-13/h4-7H,8-12H2,1-3H3. The van der Waals surface area contributed by atoms with Crippen molar-refractivity contribution in [3.63, 3.8) is 0 Å². The van der Waals surface area contributed by atoms with Gasteiger partial charge in [-0.3, -0.25) is 4.79 Å². The van der Waals surface area contributed by atoms with E-state index in [0.717, 1.165) is 16.7 Å². The van der Waals surface area contributed by atoms with Gasteiger partial charge < -0.3 is 19.1 Å². The lowest BCUT2D eigenvalue weighted by Gasteiger charge is -2.35. The molecule has 1 aromatic carbocycles. The van der Waals surface area contributed by atoms with Gasteiger partial charge in [-0.05, 0) is 61.0 Å². The number of imidazole rings is 1. The van der Waals surface area contributed by atoms with Gasteiger partial charge in [-0.15, -0.1) is 0 Å². The number of alkyl halides is 3. The zero-order valence-electron chi connectivity index (χ0n) is 18.2. The number of piperazine rings is 1. The van der Waals surface area contributed by atoms with E-state index in [4.69, 9.17) is 4.74 Å². The van der Waals surface area contributed by atoms with Crippen molar-refractivity contribution in [1.29, 1.82) is 0 Å². The lowest BCUT2D eigenvalue weighted by Crippen LogP contribution is -2.52. The molecule has 12 heteroatoms. The van der Waals surface area contributed by atoms with Gasteiger partial charge >= 0.3 is 12.3 Å². The van der Waals surface area contributed by atoms with Crippen molar-refractivity contribution >= 4 is 27.9 Å². The highest BCUT2D eigenvalue weighted by atomic mass is 79.9. The molecule has 0 unspecified atom stereocenters. The number of aromatic nitrogens is 2. The van der Waals surface area contributed by atoms with E-state index in [1.54, 1.807) is 20.8 Å². The van der Waals surface area contributed by atoms with Gasteiger partial charge in [0.15, 0.2) is 0 Å². The van der Waals surface area contributed by atoms with Crippen LogP contribution < -0.4 is 0 Å². The number of hydrogen-bond acceptors (Lipinski definition) is 4. The molecule has 1 aliphatic rings. The number of rotatable bonds is 3. The van der Waals surface area contributed by atoms with Gasteiger partial charge in [0.05, 0.1) is 0 Å². The molecule has 0 spiro atoms. The minimum absolute atomic E-state index is 0.0397. The molecule has 180 valence electrons. The van der Waals surface area contributed by atoms with E-state index in [-0.39, 0.29) is 42.0 Å². The second-order valence-corrected chi connectivity index (χ2v) is 9.26. The van der Waals surface area contributed by atoms with Gasteiger partial charge in [0, 0.05) is 31.7 Å². The number of carbonyl (C=O) groups excluding carboxylic acids is 2. The van der Waals surface area contributed by atoms with Crippen molar-refractivity contribution in [1.82, 2.24) is 19.4 Å². The molecule has 1 aromatic heterocycles. The Kier molecular flexibility index (Phi) is 7.06. The summed E-state index contributed by atoms with van der Waals surface area (Å²) in [5.74, 6) is -2.33. The van der Waals surface area contributed by atoms with Crippen LogP contribution in [-0.2, 0) is 22.3 Å². The summed E-state index contributed by atoms with van der Waals surface area (Å²) in [7, 11) is 0. The molecular formula is C21H23BrF4N4O3. The highest BCUT2D eigenvalue weighted by Gasteiger charge is 2.40. The number of benzene rings is 1. The highest BCUT2D eigenvalue weighted by molar-refractivity contribution is 9.10. The molecule has 1 aliphatic heterocycles. The van der Waals surface area contributed by atoms with Crippen molar-refractivity contribution in [2.24, 2.45) is 0 Å². The van der Waals surface area contributed by atoms with Gasteiger partial charge in [0.2, 0.25) is 11.7 Å². The van der Waals surface area contributed by atoms with Crippen molar-refractivity contribution in [2.45, 2.75) is 39.1 Å². The normalized spacial score (nSPS) is 15.0. The first kappa shape index (κ1) is 25.0. The van der Waals surface area contributed by atoms with Crippen molar-refractivity contribution < 1.29 is 31.9 Å². The zero-order valence-corrected chi connectivity index (χ0v) is 19.8. The third-order valence-corrected chi connectivity index (χ3v) is 5.66. The molecule has 0 radical (unpaired) electrons. The molecule has 3 rings (SSSR count). The molecule has 0 N–H and O–H groups in total. The fourth-order valence-corrected chi connectivity index (χ4v) is 3.90. The Hall–Kier alpha value is -2.63. The van der Waals surface area contributed by atoms with Crippen LogP contribution in [0.4, 0.5) is 22.4 Å². The minimum Gasteiger partial charge on any atom is -0.444 e. The molecule has 2 amide bonds. The molecule has 0 saturated carbocycles. The SMILES string of the molecule is CC(C)(C)OC(=O)N1CCN(C(=O)Cn2c(C(F)(F)F)nc(-c3ccc(F)cc3)c2Br)CC1. The summed E-state index contributed by atoms with van der Waals surface area (Å²) in [5.41, 5.74) is -0.440. The van der Waals surface area contributed by atoms with E-state index in [0.29, 0.717) is 0 Å². The van der Waals surface area contributed by atoms with Crippen LogP contribution in [0.3, 0.4) is 0 Å². The number of carbonyl (C=O) groups is 2. The Balaban J connectivity index is 1.76. The second kappa shape index (κ2) is 9.32. The minimum atomic E-state index is -4.81. The van der Waals surface area contributed by atoms with Crippen molar-refractivity contribution in [2.75, 3.05) is 26.2 Å². The number of halogens is 5. The monoisotopic (exact) mass is 534 g/mol. The summed E-state index contributed by atoms with van der Waals surface area (Å²) in [6, 6.07) is 4.85. The topological polar surface area (TPSA) is 67.7 Å². The van der Waals surface area contributed by atoms with E-state index in [1.165, 1.54) is 21.9 Å². The van der Waals surface area contributed by atoms with E-state index in [2.05, 4.69) is 20.9 Å². The quantitative estimate of drug-likeness (QED) is 0.542. The maximum absolute atomic E-state index is 13.6. The van der Waals surface area contributed by atoms with Crippen LogP contribution in [0.15, 0.2) is 28.9 Å². The maximum atomic E-state index is 13.6. The first-order valence-electron chi connectivity index (χ1n) is 10.1. The summed E-state index contributed by atoms with van der Waals surface area (Å²) in [5, 5.41) is 0. The molecule has 2 aromatic rings. The summed E-state index contributed by atoms with van der Waals surface area (Å²) in [6.07, 6.45) is -5.31. The lowest BCUT2D eigenvalue weighted by molar-refractivity contribution is -0.148. The Morgan fingerprint density at radius 3 is 2.09 bits per heavy atom. The number of amides is 2. The first-order chi connectivity index (χ1) is 15.3. The Bertz CT molecular complexity index is 1020. The summed E-state index contributed by atoms with van der Waals surface area (Å²) in [4.78, 5) is 31.5. The Labute approximate surface area is 196 Å². The fraction of sp³-hybridized carbons (Fsp3) is 0.476. The number of nitrogens with zero attached hydrogens (tertiary/aromatic N) is 4. The van der Waals surface area contributed by atoms with Crippen LogP contribution in [0.25, 0.3) is 11.3 Å². The molecule has 1 fully saturated rings. The van der Waals surface area contributed by atoms with Gasteiger partial charge in [-0.1, -0.05) is 0 Å².